The highest BCUT2D eigenvalue weighted by molar-refractivity contribution is 4.93. The van der Waals surface area contributed by atoms with E-state index in [1.54, 1.807) is 0 Å². The Bertz CT molecular complexity index is 189. The average molecular weight is 226 g/mol. The Labute approximate surface area is 102 Å². The fraction of sp³-hybridized carbons (Fsp3) is 1.00. The zero-order chi connectivity index (χ0) is 12.0. The molecule has 2 nitrogen and oxygen atoms in total. The van der Waals surface area contributed by atoms with Crippen molar-refractivity contribution >= 4 is 0 Å². The Balaban J connectivity index is 2.71. The van der Waals surface area contributed by atoms with Gasteiger partial charge in [-0.2, -0.15) is 0 Å². The third kappa shape index (κ3) is 2.98. The molecule has 0 amide bonds. The van der Waals surface area contributed by atoms with Crippen molar-refractivity contribution in [3.63, 3.8) is 0 Å². The van der Waals surface area contributed by atoms with E-state index in [1.165, 1.54) is 38.5 Å². The van der Waals surface area contributed by atoms with Crippen molar-refractivity contribution in [1.82, 2.24) is 4.90 Å². The fourth-order valence-electron chi connectivity index (χ4n) is 3.41. The van der Waals surface area contributed by atoms with Crippen molar-refractivity contribution < 1.29 is 0 Å². The van der Waals surface area contributed by atoms with Crippen LogP contribution in [-0.4, -0.2) is 30.1 Å². The van der Waals surface area contributed by atoms with Crippen LogP contribution in [0.1, 0.15) is 59.3 Å². The molecular weight excluding hydrogens is 196 g/mol. The van der Waals surface area contributed by atoms with E-state index in [0.29, 0.717) is 5.54 Å². The van der Waals surface area contributed by atoms with Crippen LogP contribution in [0.2, 0.25) is 0 Å². The van der Waals surface area contributed by atoms with Crippen molar-refractivity contribution in [1.29, 1.82) is 0 Å². The van der Waals surface area contributed by atoms with Gasteiger partial charge >= 0.3 is 0 Å². The molecule has 1 fully saturated rings. The first-order chi connectivity index (χ1) is 7.72. The zero-order valence-electron chi connectivity index (χ0n) is 11.5. The largest absolute Gasteiger partial charge is 0.329 e. The molecule has 0 aromatic heterocycles. The zero-order valence-corrected chi connectivity index (χ0v) is 11.5. The molecule has 0 heterocycles. The van der Waals surface area contributed by atoms with Crippen molar-refractivity contribution in [3.8, 4) is 0 Å². The predicted octanol–water partition coefficient (Wildman–Crippen LogP) is 3.02. The van der Waals surface area contributed by atoms with E-state index in [0.717, 1.165) is 25.6 Å². The lowest BCUT2D eigenvalue weighted by atomic mass is 9.87. The van der Waals surface area contributed by atoms with Gasteiger partial charge in [0.25, 0.3) is 0 Å². The topological polar surface area (TPSA) is 29.3 Å². The van der Waals surface area contributed by atoms with Crippen LogP contribution in [0.3, 0.4) is 0 Å². The van der Waals surface area contributed by atoms with Gasteiger partial charge in [-0.1, -0.05) is 40.0 Å². The molecule has 0 saturated heterocycles. The van der Waals surface area contributed by atoms with E-state index in [2.05, 4.69) is 25.7 Å². The summed E-state index contributed by atoms with van der Waals surface area (Å²) in [7, 11) is 0. The van der Waals surface area contributed by atoms with E-state index >= 15 is 0 Å². The van der Waals surface area contributed by atoms with E-state index in [-0.39, 0.29) is 0 Å². The third-order valence-corrected chi connectivity index (χ3v) is 4.66. The first-order valence-electron chi connectivity index (χ1n) is 7.17. The summed E-state index contributed by atoms with van der Waals surface area (Å²) < 4.78 is 0. The average Bonchev–Trinajstić information content (AvgIpc) is 2.54. The molecule has 0 aromatic carbocycles. The summed E-state index contributed by atoms with van der Waals surface area (Å²) in [5.74, 6) is 0.948. The Morgan fingerprint density at radius 1 is 1.12 bits per heavy atom. The maximum atomic E-state index is 6.10. The highest BCUT2D eigenvalue weighted by atomic mass is 15.2. The summed E-state index contributed by atoms with van der Waals surface area (Å²) in [6.45, 7) is 9.99. The van der Waals surface area contributed by atoms with E-state index in [9.17, 15) is 0 Å². The van der Waals surface area contributed by atoms with Gasteiger partial charge in [0.2, 0.25) is 0 Å². The van der Waals surface area contributed by atoms with Gasteiger partial charge in [-0.25, -0.2) is 0 Å². The summed E-state index contributed by atoms with van der Waals surface area (Å²) >= 11 is 0. The first kappa shape index (κ1) is 14.0. The number of nitrogens with two attached hydrogens (primary N) is 1. The molecule has 1 saturated carbocycles. The maximum absolute atomic E-state index is 6.10. The predicted molar refractivity (Wildman–Crippen MR) is 71.6 cm³/mol. The summed E-state index contributed by atoms with van der Waals surface area (Å²) in [6.07, 6.45) is 8.13. The molecule has 0 radical (unpaired) electrons. The maximum Gasteiger partial charge on any atom is 0.0331 e. The number of likely N-dealkylation sites (N-methyl/N-ethyl adjacent to an activating group) is 1. The molecule has 0 bridgehead atoms. The van der Waals surface area contributed by atoms with Crippen molar-refractivity contribution in [2.24, 2.45) is 11.7 Å². The Morgan fingerprint density at radius 3 is 2.31 bits per heavy atom. The summed E-state index contributed by atoms with van der Waals surface area (Å²) in [5.41, 5.74) is 6.42. The highest BCUT2D eigenvalue weighted by Gasteiger charge is 2.35. The van der Waals surface area contributed by atoms with Crippen LogP contribution in [0.25, 0.3) is 0 Å². The molecule has 1 rings (SSSR count). The lowest BCUT2D eigenvalue weighted by molar-refractivity contribution is 0.0884. The molecule has 2 heteroatoms. The van der Waals surface area contributed by atoms with Gasteiger partial charge < -0.3 is 5.73 Å². The van der Waals surface area contributed by atoms with Crippen LogP contribution < -0.4 is 5.73 Å². The van der Waals surface area contributed by atoms with E-state index in [1.807, 2.05) is 0 Å². The SMILES string of the molecule is CCC1CCCC(CN)(N(CC)CC)CC1. The molecule has 1 aliphatic carbocycles. The highest BCUT2D eigenvalue weighted by Crippen LogP contribution is 2.35. The number of hydrogen-bond donors (Lipinski definition) is 1. The van der Waals surface area contributed by atoms with Crippen LogP contribution in [0, 0.1) is 5.92 Å². The normalized spacial score (nSPS) is 31.7. The number of hydrogen-bond acceptors (Lipinski definition) is 2. The molecule has 2 atom stereocenters. The molecule has 0 aliphatic heterocycles. The second-order valence-electron chi connectivity index (χ2n) is 5.31. The van der Waals surface area contributed by atoms with E-state index < -0.39 is 0 Å². The van der Waals surface area contributed by atoms with Gasteiger partial charge in [0.1, 0.15) is 0 Å². The van der Waals surface area contributed by atoms with Crippen LogP contribution in [0.5, 0.6) is 0 Å². The Morgan fingerprint density at radius 2 is 1.81 bits per heavy atom. The molecular formula is C14H30N2. The molecule has 1 aliphatic rings. The van der Waals surface area contributed by atoms with Crippen molar-refractivity contribution in [3.05, 3.63) is 0 Å². The molecule has 0 aromatic rings. The van der Waals surface area contributed by atoms with Gasteiger partial charge in [0, 0.05) is 12.1 Å². The monoisotopic (exact) mass is 226 g/mol. The third-order valence-electron chi connectivity index (χ3n) is 4.66. The van der Waals surface area contributed by atoms with Gasteiger partial charge in [0.05, 0.1) is 0 Å². The second kappa shape index (κ2) is 6.61. The molecule has 2 N–H and O–H groups in total. The van der Waals surface area contributed by atoms with Crippen LogP contribution in [0.15, 0.2) is 0 Å². The van der Waals surface area contributed by atoms with Crippen LogP contribution >= 0.6 is 0 Å². The van der Waals surface area contributed by atoms with Crippen LogP contribution in [-0.2, 0) is 0 Å². The van der Waals surface area contributed by atoms with E-state index in [4.69, 9.17) is 5.73 Å². The molecule has 2 unspecified atom stereocenters. The Hall–Kier alpha value is -0.0800. The second-order valence-corrected chi connectivity index (χ2v) is 5.31. The van der Waals surface area contributed by atoms with Crippen molar-refractivity contribution in [2.45, 2.75) is 64.8 Å². The molecule has 96 valence electrons. The lowest BCUT2D eigenvalue weighted by Gasteiger charge is -2.42. The lowest BCUT2D eigenvalue weighted by Crippen LogP contribution is -2.53. The summed E-state index contributed by atoms with van der Waals surface area (Å²) in [5, 5.41) is 0. The fourth-order valence-corrected chi connectivity index (χ4v) is 3.41. The minimum Gasteiger partial charge on any atom is -0.329 e. The minimum absolute atomic E-state index is 0.313. The molecule has 0 spiro atoms. The van der Waals surface area contributed by atoms with Gasteiger partial charge in [-0.3, -0.25) is 4.90 Å². The summed E-state index contributed by atoms with van der Waals surface area (Å²) in [4.78, 5) is 2.60. The minimum atomic E-state index is 0.313. The number of nitrogens with zero attached hydrogens (tertiary/aromatic N) is 1. The molecule has 16 heavy (non-hydrogen) atoms. The van der Waals surface area contributed by atoms with Gasteiger partial charge in [-0.15, -0.1) is 0 Å². The van der Waals surface area contributed by atoms with Gasteiger partial charge in [0.15, 0.2) is 0 Å². The van der Waals surface area contributed by atoms with Gasteiger partial charge in [-0.05, 0) is 38.3 Å². The van der Waals surface area contributed by atoms with Crippen LogP contribution in [0.4, 0.5) is 0 Å². The number of rotatable bonds is 5. The smallest absolute Gasteiger partial charge is 0.0331 e. The first-order valence-corrected chi connectivity index (χ1v) is 7.17. The quantitative estimate of drug-likeness (QED) is 0.730. The Kier molecular flexibility index (Phi) is 5.77. The summed E-state index contributed by atoms with van der Waals surface area (Å²) in [6, 6.07) is 0. The van der Waals surface area contributed by atoms with Crippen molar-refractivity contribution in [2.75, 3.05) is 19.6 Å². The standard InChI is InChI=1S/C14H30N2/c1-4-13-8-7-10-14(12-15,11-9-13)16(5-2)6-3/h13H,4-12,15H2,1-3H3.